The van der Waals surface area contributed by atoms with E-state index in [2.05, 4.69) is 53.8 Å². The highest BCUT2D eigenvalue weighted by molar-refractivity contribution is 5.39. The van der Waals surface area contributed by atoms with Crippen LogP contribution in [0.4, 0.5) is 0 Å². The van der Waals surface area contributed by atoms with E-state index in [4.69, 9.17) is 4.74 Å². The number of benzene rings is 2. The molecule has 1 unspecified atom stereocenters. The maximum Gasteiger partial charge on any atom is 0.122 e. The smallest absolute Gasteiger partial charge is 0.122 e. The van der Waals surface area contributed by atoms with E-state index in [1.54, 1.807) is 0 Å². The molecule has 2 nitrogen and oxygen atoms in total. The number of rotatable bonds is 5. The van der Waals surface area contributed by atoms with Crippen molar-refractivity contribution < 1.29 is 4.74 Å². The quantitative estimate of drug-likeness (QED) is 0.897. The summed E-state index contributed by atoms with van der Waals surface area (Å²) in [4.78, 5) is 0. The molecular weight excluding hydrogens is 258 g/mol. The minimum absolute atomic E-state index is 0.496. The maximum atomic E-state index is 5.58. The summed E-state index contributed by atoms with van der Waals surface area (Å²) in [5.74, 6) is 1.88. The Hall–Kier alpha value is -1.80. The van der Waals surface area contributed by atoms with Gasteiger partial charge in [-0.1, -0.05) is 42.5 Å². The van der Waals surface area contributed by atoms with Gasteiger partial charge in [-0.25, -0.2) is 0 Å². The van der Waals surface area contributed by atoms with Gasteiger partial charge in [0, 0.05) is 19.0 Å². The lowest BCUT2D eigenvalue weighted by Gasteiger charge is -2.19. The monoisotopic (exact) mass is 279 g/mol. The molecule has 108 valence electrons. The molecule has 0 aromatic heterocycles. The molecule has 1 heterocycles. The molecule has 21 heavy (non-hydrogen) atoms. The van der Waals surface area contributed by atoms with Crippen LogP contribution in [-0.4, -0.2) is 6.61 Å². The molecule has 1 fully saturated rings. The Morgan fingerprint density at radius 3 is 2.76 bits per heavy atom. The van der Waals surface area contributed by atoms with Crippen molar-refractivity contribution >= 4 is 0 Å². The number of hydrogen-bond donors (Lipinski definition) is 1. The van der Waals surface area contributed by atoms with E-state index in [0.717, 1.165) is 31.2 Å². The predicted molar refractivity (Wildman–Crippen MR) is 84.4 cm³/mol. The molecule has 1 N–H and O–H groups in total. The number of fused-ring (bicyclic) bond motifs is 1. The van der Waals surface area contributed by atoms with Crippen LogP contribution in [0.3, 0.4) is 0 Å². The second-order valence-corrected chi connectivity index (χ2v) is 6.15. The van der Waals surface area contributed by atoms with Gasteiger partial charge < -0.3 is 10.1 Å². The molecule has 1 atom stereocenters. The van der Waals surface area contributed by atoms with Crippen LogP contribution in [0.25, 0.3) is 0 Å². The van der Waals surface area contributed by atoms with Gasteiger partial charge in [-0.05, 0) is 41.5 Å². The summed E-state index contributed by atoms with van der Waals surface area (Å²) in [7, 11) is 0. The summed E-state index contributed by atoms with van der Waals surface area (Å²) < 4.78 is 5.58. The first-order chi connectivity index (χ1) is 10.4. The highest BCUT2D eigenvalue weighted by Crippen LogP contribution is 2.41. The zero-order chi connectivity index (χ0) is 14.1. The SMILES string of the molecule is c1ccc(C(NCc2ccc3c(c2)CCO3)C2CC2)cc1. The molecule has 2 aromatic carbocycles. The van der Waals surface area contributed by atoms with Crippen LogP contribution in [0.1, 0.15) is 35.6 Å². The molecule has 1 aliphatic carbocycles. The van der Waals surface area contributed by atoms with Gasteiger partial charge in [0.25, 0.3) is 0 Å². The van der Waals surface area contributed by atoms with Crippen LogP contribution in [0, 0.1) is 5.92 Å². The topological polar surface area (TPSA) is 21.3 Å². The largest absolute Gasteiger partial charge is 0.493 e. The Kier molecular flexibility index (Phi) is 3.40. The summed E-state index contributed by atoms with van der Waals surface area (Å²) >= 11 is 0. The second kappa shape index (κ2) is 5.53. The summed E-state index contributed by atoms with van der Waals surface area (Å²) in [6, 6.07) is 18.0. The van der Waals surface area contributed by atoms with Crippen LogP contribution in [0.15, 0.2) is 48.5 Å². The van der Waals surface area contributed by atoms with Crippen LogP contribution in [-0.2, 0) is 13.0 Å². The Balaban J connectivity index is 1.47. The first kappa shape index (κ1) is 12.9. The molecule has 2 aromatic rings. The fraction of sp³-hybridized carbons (Fsp3) is 0.368. The molecule has 4 rings (SSSR count). The highest BCUT2D eigenvalue weighted by atomic mass is 16.5. The predicted octanol–water partition coefficient (Wildman–Crippen LogP) is 3.86. The highest BCUT2D eigenvalue weighted by Gasteiger charge is 2.31. The molecule has 0 bridgehead atoms. The van der Waals surface area contributed by atoms with Gasteiger partial charge in [0.15, 0.2) is 0 Å². The van der Waals surface area contributed by atoms with Gasteiger partial charge in [0.1, 0.15) is 5.75 Å². The van der Waals surface area contributed by atoms with E-state index in [0.29, 0.717) is 6.04 Å². The van der Waals surface area contributed by atoms with E-state index in [1.807, 2.05) is 0 Å². The van der Waals surface area contributed by atoms with Crippen molar-refractivity contribution in [3.05, 3.63) is 65.2 Å². The van der Waals surface area contributed by atoms with Crippen molar-refractivity contribution in [1.29, 1.82) is 0 Å². The number of ether oxygens (including phenoxy) is 1. The lowest BCUT2D eigenvalue weighted by molar-refractivity contribution is 0.357. The van der Waals surface area contributed by atoms with Crippen molar-refractivity contribution in [3.63, 3.8) is 0 Å². The molecule has 0 amide bonds. The van der Waals surface area contributed by atoms with Gasteiger partial charge in [-0.3, -0.25) is 0 Å². The second-order valence-electron chi connectivity index (χ2n) is 6.15. The summed E-state index contributed by atoms with van der Waals surface area (Å²) in [5, 5.41) is 3.76. The maximum absolute atomic E-state index is 5.58. The van der Waals surface area contributed by atoms with E-state index in [-0.39, 0.29) is 0 Å². The molecule has 1 saturated carbocycles. The fourth-order valence-electron chi connectivity index (χ4n) is 3.22. The van der Waals surface area contributed by atoms with Gasteiger partial charge in [0.05, 0.1) is 6.61 Å². The zero-order valence-electron chi connectivity index (χ0n) is 12.2. The van der Waals surface area contributed by atoms with Gasteiger partial charge in [-0.2, -0.15) is 0 Å². The van der Waals surface area contributed by atoms with Crippen molar-refractivity contribution in [2.45, 2.75) is 31.8 Å². The third-order valence-corrected chi connectivity index (χ3v) is 4.53. The average molecular weight is 279 g/mol. The van der Waals surface area contributed by atoms with Crippen molar-refractivity contribution in [3.8, 4) is 5.75 Å². The van der Waals surface area contributed by atoms with Crippen molar-refractivity contribution in [2.75, 3.05) is 6.61 Å². The molecule has 0 spiro atoms. The van der Waals surface area contributed by atoms with Crippen LogP contribution >= 0.6 is 0 Å². The Bertz CT molecular complexity index is 619. The van der Waals surface area contributed by atoms with Crippen molar-refractivity contribution in [1.82, 2.24) is 5.32 Å². The molecule has 0 saturated heterocycles. The third kappa shape index (κ3) is 2.81. The van der Waals surface area contributed by atoms with E-state index in [1.165, 1.54) is 29.5 Å². The number of nitrogens with one attached hydrogen (secondary N) is 1. The Labute approximate surface area is 126 Å². The third-order valence-electron chi connectivity index (χ3n) is 4.53. The average Bonchev–Trinajstić information content (AvgIpc) is 3.25. The van der Waals surface area contributed by atoms with Crippen molar-refractivity contribution in [2.24, 2.45) is 5.92 Å². The summed E-state index contributed by atoms with van der Waals surface area (Å²) in [6.07, 6.45) is 3.75. The standard InChI is InChI=1S/C19H21NO/c1-2-4-15(5-3-1)19(16-7-8-16)20-13-14-6-9-18-17(12-14)10-11-21-18/h1-6,9,12,16,19-20H,7-8,10-11,13H2. The summed E-state index contributed by atoms with van der Waals surface area (Å²) in [6.45, 7) is 1.77. The Morgan fingerprint density at radius 1 is 1.10 bits per heavy atom. The lowest BCUT2D eigenvalue weighted by Crippen LogP contribution is -2.22. The molecule has 1 aliphatic heterocycles. The molecule has 0 radical (unpaired) electrons. The van der Waals surface area contributed by atoms with Gasteiger partial charge >= 0.3 is 0 Å². The summed E-state index contributed by atoms with van der Waals surface area (Å²) in [5.41, 5.74) is 4.14. The van der Waals surface area contributed by atoms with Crippen LogP contribution < -0.4 is 10.1 Å². The van der Waals surface area contributed by atoms with E-state index >= 15 is 0 Å². The molecule has 2 aliphatic rings. The van der Waals surface area contributed by atoms with E-state index < -0.39 is 0 Å². The van der Waals surface area contributed by atoms with Crippen LogP contribution in [0.2, 0.25) is 0 Å². The van der Waals surface area contributed by atoms with Gasteiger partial charge in [-0.15, -0.1) is 0 Å². The van der Waals surface area contributed by atoms with E-state index in [9.17, 15) is 0 Å². The molecule has 2 heteroatoms. The minimum Gasteiger partial charge on any atom is -0.493 e. The normalized spacial score (nSPS) is 18.1. The van der Waals surface area contributed by atoms with Crippen LogP contribution in [0.5, 0.6) is 5.75 Å². The Morgan fingerprint density at radius 2 is 1.95 bits per heavy atom. The minimum atomic E-state index is 0.496. The first-order valence-electron chi connectivity index (χ1n) is 7.93. The first-order valence-corrected chi connectivity index (χ1v) is 7.93. The fourth-order valence-corrected chi connectivity index (χ4v) is 3.22. The van der Waals surface area contributed by atoms with Gasteiger partial charge in [0.2, 0.25) is 0 Å². The lowest BCUT2D eigenvalue weighted by atomic mass is 10.0. The molecular formula is C19H21NO. The zero-order valence-corrected chi connectivity index (χ0v) is 12.2. The number of hydrogen-bond acceptors (Lipinski definition) is 2.